The highest BCUT2D eigenvalue weighted by Gasteiger charge is 2.53. The topological polar surface area (TPSA) is 52.6 Å². The molecular weight excluding hydrogens is 376 g/mol. The van der Waals surface area contributed by atoms with Crippen molar-refractivity contribution in [2.45, 2.75) is 93.1 Å². The van der Waals surface area contributed by atoms with Crippen LogP contribution >= 0.6 is 0 Å². The van der Waals surface area contributed by atoms with E-state index in [0.717, 1.165) is 32.1 Å². The van der Waals surface area contributed by atoms with Crippen LogP contribution in [0.4, 0.5) is 0 Å². The Bertz CT molecular complexity index is 744. The minimum atomic E-state index is -0.564. The van der Waals surface area contributed by atoms with Crippen LogP contribution < -0.4 is 0 Å². The largest absolute Gasteiger partial charge is 0.461 e. The van der Waals surface area contributed by atoms with Gasteiger partial charge in [-0.3, -0.25) is 9.59 Å². The standard InChI is InChI=1S/C26H40O4/c1-16(2)19-10-9-17(3)15-21(19)30-24(28)23-20(29-18(4)27)11-12-22-25(5,6)13-8-14-26(22,23)7/h11-12,16-17,19,21,23H,8-10,13-15H2,1-7H3/t17-,19+,21-,23+,26+/m1/s1. The molecule has 0 N–H and O–H groups in total. The van der Waals surface area contributed by atoms with E-state index >= 15 is 0 Å². The molecule has 0 aromatic carbocycles. The van der Waals surface area contributed by atoms with E-state index in [2.05, 4.69) is 47.6 Å². The molecule has 0 radical (unpaired) electrons. The van der Waals surface area contributed by atoms with E-state index in [1.807, 2.05) is 6.08 Å². The third-order valence-electron chi connectivity index (χ3n) is 7.90. The number of hydrogen-bond acceptors (Lipinski definition) is 4. The van der Waals surface area contributed by atoms with E-state index in [4.69, 9.17) is 9.47 Å². The number of carbonyl (C=O) groups is 2. The normalized spacial score (nSPS) is 35.7. The summed E-state index contributed by atoms with van der Waals surface area (Å²) in [5.74, 6) is 0.698. The molecule has 0 saturated heterocycles. The first-order valence-electron chi connectivity index (χ1n) is 11.8. The van der Waals surface area contributed by atoms with Crippen LogP contribution in [0.1, 0.15) is 87.0 Å². The summed E-state index contributed by atoms with van der Waals surface area (Å²) in [5.41, 5.74) is 0.909. The number of ether oxygens (including phenoxy) is 2. The van der Waals surface area contributed by atoms with E-state index in [0.29, 0.717) is 23.5 Å². The van der Waals surface area contributed by atoms with Crippen LogP contribution in [-0.2, 0) is 19.1 Å². The Kier molecular flexibility index (Phi) is 6.55. The maximum Gasteiger partial charge on any atom is 0.317 e. The summed E-state index contributed by atoms with van der Waals surface area (Å²) >= 11 is 0. The van der Waals surface area contributed by atoms with Crippen LogP contribution in [0.15, 0.2) is 23.5 Å². The van der Waals surface area contributed by atoms with Crippen LogP contribution in [0, 0.1) is 34.5 Å². The fraction of sp³-hybridized carbons (Fsp3) is 0.769. The Morgan fingerprint density at radius 2 is 1.80 bits per heavy atom. The molecule has 4 nitrogen and oxygen atoms in total. The fourth-order valence-corrected chi connectivity index (χ4v) is 6.33. The van der Waals surface area contributed by atoms with Crippen LogP contribution in [0.2, 0.25) is 0 Å². The van der Waals surface area contributed by atoms with Gasteiger partial charge in [0.15, 0.2) is 0 Å². The maximum absolute atomic E-state index is 13.7. The quantitative estimate of drug-likeness (QED) is 0.511. The molecule has 3 rings (SSSR count). The first kappa shape index (κ1) is 23.1. The number of esters is 2. The number of allylic oxidation sites excluding steroid dienone is 3. The smallest absolute Gasteiger partial charge is 0.317 e. The van der Waals surface area contributed by atoms with Crippen molar-refractivity contribution in [2.75, 3.05) is 0 Å². The lowest BCUT2D eigenvalue weighted by atomic mass is 9.54. The molecule has 0 aliphatic heterocycles. The summed E-state index contributed by atoms with van der Waals surface area (Å²) in [5, 5.41) is 0. The molecule has 0 heterocycles. The predicted molar refractivity (Wildman–Crippen MR) is 118 cm³/mol. The zero-order valence-electron chi connectivity index (χ0n) is 19.9. The molecule has 168 valence electrons. The minimum Gasteiger partial charge on any atom is -0.461 e. The Hall–Kier alpha value is -1.58. The van der Waals surface area contributed by atoms with Crippen molar-refractivity contribution in [1.82, 2.24) is 0 Å². The molecule has 0 amide bonds. The van der Waals surface area contributed by atoms with E-state index in [1.54, 1.807) is 0 Å². The second-order valence-electron chi connectivity index (χ2n) is 11.1. The molecule has 0 unspecified atom stereocenters. The van der Waals surface area contributed by atoms with Crippen LogP contribution in [-0.4, -0.2) is 18.0 Å². The second-order valence-corrected chi connectivity index (χ2v) is 11.1. The maximum atomic E-state index is 13.7. The van der Waals surface area contributed by atoms with Gasteiger partial charge < -0.3 is 9.47 Å². The van der Waals surface area contributed by atoms with Gasteiger partial charge in [-0.2, -0.15) is 0 Å². The van der Waals surface area contributed by atoms with Gasteiger partial charge in [0.25, 0.3) is 0 Å². The number of rotatable bonds is 4. The summed E-state index contributed by atoms with van der Waals surface area (Å²) < 4.78 is 11.8. The van der Waals surface area contributed by atoms with Crippen LogP contribution in [0.25, 0.3) is 0 Å². The Balaban J connectivity index is 1.93. The number of hydrogen-bond donors (Lipinski definition) is 0. The van der Waals surface area contributed by atoms with E-state index in [1.165, 1.54) is 18.9 Å². The van der Waals surface area contributed by atoms with Gasteiger partial charge in [0, 0.05) is 12.3 Å². The van der Waals surface area contributed by atoms with Crippen molar-refractivity contribution in [3.63, 3.8) is 0 Å². The number of carbonyl (C=O) groups excluding carboxylic acids is 2. The first-order valence-corrected chi connectivity index (χ1v) is 11.8. The van der Waals surface area contributed by atoms with Gasteiger partial charge in [0.05, 0.1) is 0 Å². The van der Waals surface area contributed by atoms with Gasteiger partial charge in [0.1, 0.15) is 17.8 Å². The monoisotopic (exact) mass is 416 g/mol. The molecule has 2 saturated carbocycles. The number of fused-ring (bicyclic) bond motifs is 1. The molecule has 3 aliphatic carbocycles. The van der Waals surface area contributed by atoms with Crippen molar-refractivity contribution in [2.24, 2.45) is 34.5 Å². The van der Waals surface area contributed by atoms with Gasteiger partial charge in [-0.15, -0.1) is 0 Å². The third-order valence-corrected chi connectivity index (χ3v) is 7.90. The molecule has 5 atom stereocenters. The SMILES string of the molecule is CC(=O)OC1=CC=C2C(C)(C)CCC[C@]2(C)[C@@H]1C(=O)O[C@@H]1C[C@H](C)CC[C@H]1C(C)C. The van der Waals surface area contributed by atoms with Crippen LogP contribution in [0.5, 0.6) is 0 Å². The van der Waals surface area contributed by atoms with Crippen molar-refractivity contribution in [1.29, 1.82) is 0 Å². The highest BCUT2D eigenvalue weighted by Crippen LogP contribution is 2.58. The molecule has 0 bridgehead atoms. The van der Waals surface area contributed by atoms with Gasteiger partial charge in [-0.25, -0.2) is 0 Å². The molecule has 30 heavy (non-hydrogen) atoms. The first-order chi connectivity index (χ1) is 14.0. The molecule has 2 fully saturated rings. The molecule has 0 spiro atoms. The molecular formula is C26H40O4. The Morgan fingerprint density at radius 1 is 1.10 bits per heavy atom. The van der Waals surface area contributed by atoms with E-state index in [-0.39, 0.29) is 28.9 Å². The van der Waals surface area contributed by atoms with Crippen molar-refractivity contribution in [3.8, 4) is 0 Å². The molecule has 0 aromatic rings. The van der Waals surface area contributed by atoms with Crippen molar-refractivity contribution in [3.05, 3.63) is 23.5 Å². The van der Waals surface area contributed by atoms with Gasteiger partial charge in [0.2, 0.25) is 0 Å². The van der Waals surface area contributed by atoms with E-state index in [9.17, 15) is 9.59 Å². The average Bonchev–Trinajstić information content (AvgIpc) is 2.59. The summed E-state index contributed by atoms with van der Waals surface area (Å²) in [6.07, 6.45) is 10.1. The summed E-state index contributed by atoms with van der Waals surface area (Å²) in [6, 6.07) is 0. The fourth-order valence-electron chi connectivity index (χ4n) is 6.33. The lowest BCUT2D eigenvalue weighted by molar-refractivity contribution is -0.166. The molecule has 3 aliphatic rings. The van der Waals surface area contributed by atoms with Crippen molar-refractivity contribution >= 4 is 11.9 Å². The lowest BCUT2D eigenvalue weighted by Gasteiger charge is -2.51. The molecule has 0 aromatic heterocycles. The predicted octanol–water partition coefficient (Wildman–Crippen LogP) is 6.21. The van der Waals surface area contributed by atoms with Gasteiger partial charge in [-0.1, -0.05) is 66.0 Å². The third kappa shape index (κ3) is 4.38. The minimum absolute atomic E-state index is 0.0175. The average molecular weight is 417 g/mol. The van der Waals surface area contributed by atoms with Crippen molar-refractivity contribution < 1.29 is 19.1 Å². The van der Waals surface area contributed by atoms with Gasteiger partial charge in [-0.05, 0) is 54.9 Å². The highest BCUT2D eigenvalue weighted by atomic mass is 16.6. The zero-order valence-corrected chi connectivity index (χ0v) is 19.9. The lowest BCUT2D eigenvalue weighted by Crippen LogP contribution is -2.47. The second kappa shape index (κ2) is 8.51. The highest BCUT2D eigenvalue weighted by molar-refractivity contribution is 5.80. The van der Waals surface area contributed by atoms with E-state index < -0.39 is 5.92 Å². The summed E-state index contributed by atoms with van der Waals surface area (Å²) in [7, 11) is 0. The van der Waals surface area contributed by atoms with Gasteiger partial charge >= 0.3 is 11.9 Å². The summed E-state index contributed by atoms with van der Waals surface area (Å²) in [6.45, 7) is 14.7. The Morgan fingerprint density at radius 3 is 2.43 bits per heavy atom. The van der Waals surface area contributed by atoms with Crippen LogP contribution in [0.3, 0.4) is 0 Å². The zero-order chi connectivity index (χ0) is 22.3. The summed E-state index contributed by atoms with van der Waals surface area (Å²) in [4.78, 5) is 25.5. The molecule has 4 heteroatoms. The Labute approximate surface area is 182 Å².